The zero-order chi connectivity index (χ0) is 12.5. The number of methoxy groups -OCH3 is 1. The van der Waals surface area contributed by atoms with Crippen molar-refractivity contribution in [1.29, 1.82) is 0 Å². The summed E-state index contributed by atoms with van der Waals surface area (Å²) in [7, 11) is 1.41. The van der Waals surface area contributed by atoms with Crippen LogP contribution in [0.15, 0.2) is 12.1 Å². The first-order chi connectivity index (χ1) is 8.10. The van der Waals surface area contributed by atoms with Crippen LogP contribution in [-0.2, 0) is 0 Å². The van der Waals surface area contributed by atoms with Crippen molar-refractivity contribution >= 4 is 11.4 Å². The third-order valence-corrected chi connectivity index (χ3v) is 3.34. The SMILES string of the molecule is COc1cc(NC2(CO)CCC2)c(N)cc1F. The van der Waals surface area contributed by atoms with Crippen LogP contribution in [0.2, 0.25) is 0 Å². The molecule has 0 aromatic heterocycles. The molecular formula is C12H17FN2O2. The molecule has 1 aliphatic carbocycles. The van der Waals surface area contributed by atoms with Gasteiger partial charge in [-0.3, -0.25) is 0 Å². The van der Waals surface area contributed by atoms with Gasteiger partial charge < -0.3 is 20.9 Å². The first kappa shape index (κ1) is 12.0. The van der Waals surface area contributed by atoms with E-state index < -0.39 is 5.82 Å². The molecule has 1 aromatic carbocycles. The van der Waals surface area contributed by atoms with Crippen LogP contribution in [0.25, 0.3) is 0 Å². The molecule has 1 aromatic rings. The van der Waals surface area contributed by atoms with E-state index in [4.69, 9.17) is 10.5 Å². The third kappa shape index (κ3) is 2.15. The topological polar surface area (TPSA) is 67.5 Å². The Kier molecular flexibility index (Phi) is 3.11. The predicted octanol–water partition coefficient (Wildman–Crippen LogP) is 1.74. The van der Waals surface area contributed by atoms with Gasteiger partial charge in [0.15, 0.2) is 11.6 Å². The van der Waals surface area contributed by atoms with Gasteiger partial charge in [0, 0.05) is 12.1 Å². The smallest absolute Gasteiger partial charge is 0.167 e. The molecule has 0 bridgehead atoms. The van der Waals surface area contributed by atoms with E-state index >= 15 is 0 Å². The number of ether oxygens (including phenoxy) is 1. The predicted molar refractivity (Wildman–Crippen MR) is 64.7 cm³/mol. The van der Waals surface area contributed by atoms with Crippen molar-refractivity contribution in [3.05, 3.63) is 17.9 Å². The van der Waals surface area contributed by atoms with Gasteiger partial charge in [0.05, 0.1) is 30.6 Å². The van der Waals surface area contributed by atoms with Crippen LogP contribution in [0.3, 0.4) is 0 Å². The van der Waals surface area contributed by atoms with Crippen molar-refractivity contribution < 1.29 is 14.2 Å². The van der Waals surface area contributed by atoms with Crippen molar-refractivity contribution in [2.24, 2.45) is 0 Å². The van der Waals surface area contributed by atoms with E-state index in [0.29, 0.717) is 11.4 Å². The minimum atomic E-state index is -0.484. The molecule has 1 saturated carbocycles. The fourth-order valence-electron chi connectivity index (χ4n) is 2.05. The molecule has 0 atom stereocenters. The fourth-order valence-corrected chi connectivity index (χ4v) is 2.05. The minimum Gasteiger partial charge on any atom is -0.494 e. The normalized spacial score (nSPS) is 17.4. The summed E-state index contributed by atoms with van der Waals surface area (Å²) in [5.74, 6) is -0.337. The highest BCUT2D eigenvalue weighted by molar-refractivity contribution is 5.69. The average Bonchev–Trinajstić information content (AvgIpc) is 2.26. The Bertz CT molecular complexity index is 414. The summed E-state index contributed by atoms with van der Waals surface area (Å²) in [4.78, 5) is 0. The number of rotatable bonds is 4. The minimum absolute atomic E-state index is 0.0477. The first-order valence-corrected chi connectivity index (χ1v) is 5.62. The zero-order valence-electron chi connectivity index (χ0n) is 9.79. The van der Waals surface area contributed by atoms with Gasteiger partial charge in [-0.05, 0) is 19.3 Å². The second-order valence-corrected chi connectivity index (χ2v) is 4.49. The quantitative estimate of drug-likeness (QED) is 0.701. The molecule has 0 heterocycles. The summed E-state index contributed by atoms with van der Waals surface area (Å²) < 4.78 is 18.3. The van der Waals surface area contributed by atoms with Crippen LogP contribution in [-0.4, -0.2) is 24.4 Å². The maximum absolute atomic E-state index is 13.4. The van der Waals surface area contributed by atoms with Crippen LogP contribution >= 0.6 is 0 Å². The number of nitrogens with two attached hydrogens (primary N) is 1. The maximum Gasteiger partial charge on any atom is 0.167 e. The van der Waals surface area contributed by atoms with E-state index in [1.165, 1.54) is 19.2 Å². The van der Waals surface area contributed by atoms with Crippen molar-refractivity contribution in [3.8, 4) is 5.75 Å². The molecule has 0 saturated heterocycles. The van der Waals surface area contributed by atoms with Gasteiger partial charge >= 0.3 is 0 Å². The molecule has 4 N–H and O–H groups in total. The van der Waals surface area contributed by atoms with Crippen molar-refractivity contribution in [1.82, 2.24) is 0 Å². The number of halogens is 1. The summed E-state index contributed by atoms with van der Waals surface area (Å²) in [6.07, 6.45) is 2.86. The van der Waals surface area contributed by atoms with Gasteiger partial charge in [-0.2, -0.15) is 0 Å². The zero-order valence-corrected chi connectivity index (χ0v) is 9.79. The lowest BCUT2D eigenvalue weighted by molar-refractivity contribution is 0.144. The Morgan fingerprint density at radius 2 is 2.24 bits per heavy atom. The van der Waals surface area contributed by atoms with E-state index in [1.807, 2.05) is 0 Å². The van der Waals surface area contributed by atoms with Crippen LogP contribution in [0.4, 0.5) is 15.8 Å². The van der Waals surface area contributed by atoms with Gasteiger partial charge in [0.1, 0.15) is 0 Å². The van der Waals surface area contributed by atoms with Gasteiger partial charge in [-0.25, -0.2) is 4.39 Å². The number of aliphatic hydroxyl groups excluding tert-OH is 1. The monoisotopic (exact) mass is 240 g/mol. The molecule has 17 heavy (non-hydrogen) atoms. The van der Waals surface area contributed by atoms with E-state index in [1.54, 1.807) is 0 Å². The molecule has 0 spiro atoms. The summed E-state index contributed by atoms with van der Waals surface area (Å²) >= 11 is 0. The summed E-state index contributed by atoms with van der Waals surface area (Å²) in [6, 6.07) is 2.76. The van der Waals surface area contributed by atoms with Crippen LogP contribution in [0, 0.1) is 5.82 Å². The highest BCUT2D eigenvalue weighted by Gasteiger charge is 2.36. The largest absolute Gasteiger partial charge is 0.494 e. The van der Waals surface area contributed by atoms with Gasteiger partial charge in [-0.1, -0.05) is 0 Å². The second-order valence-electron chi connectivity index (χ2n) is 4.49. The molecule has 0 unspecified atom stereocenters. The summed E-state index contributed by atoms with van der Waals surface area (Å²) in [6.45, 7) is 0.0477. The molecular weight excluding hydrogens is 223 g/mol. The number of anilines is 2. The van der Waals surface area contributed by atoms with E-state index in [-0.39, 0.29) is 17.9 Å². The van der Waals surface area contributed by atoms with Crippen molar-refractivity contribution in [3.63, 3.8) is 0 Å². The first-order valence-electron chi connectivity index (χ1n) is 5.62. The number of nitrogens with one attached hydrogen (secondary N) is 1. The van der Waals surface area contributed by atoms with Crippen LogP contribution in [0.1, 0.15) is 19.3 Å². The Balaban J connectivity index is 2.26. The number of benzene rings is 1. The Morgan fingerprint density at radius 1 is 1.53 bits per heavy atom. The molecule has 1 fully saturated rings. The van der Waals surface area contributed by atoms with E-state index in [9.17, 15) is 9.50 Å². The van der Waals surface area contributed by atoms with Gasteiger partial charge in [0.2, 0.25) is 0 Å². The average molecular weight is 240 g/mol. The Morgan fingerprint density at radius 3 is 2.71 bits per heavy atom. The standard InChI is InChI=1S/C12H17FN2O2/c1-17-11-6-10(9(14)5-8(11)13)15-12(7-16)3-2-4-12/h5-6,15-16H,2-4,7,14H2,1H3. The molecule has 0 amide bonds. The highest BCUT2D eigenvalue weighted by Crippen LogP contribution is 2.38. The molecule has 94 valence electrons. The van der Waals surface area contributed by atoms with E-state index in [2.05, 4.69) is 5.32 Å². The lowest BCUT2D eigenvalue weighted by Gasteiger charge is -2.42. The van der Waals surface area contributed by atoms with Crippen LogP contribution in [0.5, 0.6) is 5.75 Å². The second kappa shape index (κ2) is 4.41. The number of hydrogen-bond acceptors (Lipinski definition) is 4. The molecule has 4 nitrogen and oxygen atoms in total. The van der Waals surface area contributed by atoms with Crippen LogP contribution < -0.4 is 15.8 Å². The molecule has 2 rings (SSSR count). The van der Waals surface area contributed by atoms with Crippen molar-refractivity contribution in [2.75, 3.05) is 24.8 Å². The summed E-state index contributed by atoms with van der Waals surface area (Å²) in [5.41, 5.74) is 6.37. The van der Waals surface area contributed by atoms with E-state index in [0.717, 1.165) is 19.3 Å². The Labute approximate surface area is 99.6 Å². The van der Waals surface area contributed by atoms with Gasteiger partial charge in [-0.15, -0.1) is 0 Å². The summed E-state index contributed by atoms with van der Waals surface area (Å²) in [5, 5.41) is 12.6. The number of nitrogen functional groups attached to an aromatic ring is 1. The third-order valence-electron chi connectivity index (χ3n) is 3.34. The van der Waals surface area contributed by atoms with Crippen molar-refractivity contribution in [2.45, 2.75) is 24.8 Å². The highest BCUT2D eigenvalue weighted by atomic mass is 19.1. The number of hydrogen-bond donors (Lipinski definition) is 3. The fraction of sp³-hybridized carbons (Fsp3) is 0.500. The number of aliphatic hydroxyl groups is 1. The maximum atomic E-state index is 13.4. The lowest BCUT2D eigenvalue weighted by Crippen LogP contribution is -2.48. The van der Waals surface area contributed by atoms with Gasteiger partial charge in [0.25, 0.3) is 0 Å². The molecule has 5 heteroatoms. The lowest BCUT2D eigenvalue weighted by atomic mass is 9.77. The molecule has 0 radical (unpaired) electrons. The molecule has 0 aliphatic heterocycles. The molecule has 1 aliphatic rings. The Hall–Kier alpha value is -1.49.